The minimum atomic E-state index is -0.371. The van der Waals surface area contributed by atoms with Gasteiger partial charge in [0.05, 0.1) is 12.1 Å². The van der Waals surface area contributed by atoms with E-state index in [0.717, 1.165) is 5.70 Å². The largest absolute Gasteiger partial charge is 0.380 e. The highest BCUT2D eigenvalue weighted by Gasteiger charge is 2.27. The van der Waals surface area contributed by atoms with Crippen LogP contribution in [0.1, 0.15) is 13.8 Å². The van der Waals surface area contributed by atoms with Gasteiger partial charge < -0.3 is 5.32 Å². The Bertz CT molecular complexity index is 302. The first kappa shape index (κ1) is 8.48. The molecule has 70 valence electrons. The summed E-state index contributed by atoms with van der Waals surface area (Å²) in [7, 11) is 0. The smallest absolute Gasteiger partial charge is 0.208 e. The molecule has 3 heteroatoms. The van der Waals surface area contributed by atoms with Gasteiger partial charge in [-0.3, -0.25) is 0 Å². The molecule has 2 nitrogen and oxygen atoms in total. The molecule has 0 aromatic rings. The first-order valence-electron chi connectivity index (χ1n) is 4.56. The Hall–Kier alpha value is -1.12. The molecule has 0 fully saturated rings. The van der Waals surface area contributed by atoms with Gasteiger partial charge in [0.25, 0.3) is 0 Å². The van der Waals surface area contributed by atoms with E-state index in [0.29, 0.717) is 5.92 Å². The van der Waals surface area contributed by atoms with Crippen LogP contribution in [-0.4, -0.2) is 18.0 Å². The highest BCUT2D eigenvalue weighted by atomic mass is 19.1. The molecule has 0 radical (unpaired) electrons. The van der Waals surface area contributed by atoms with Crippen LogP contribution >= 0.6 is 0 Å². The van der Waals surface area contributed by atoms with Crippen LogP contribution in [0.15, 0.2) is 28.9 Å². The van der Waals surface area contributed by atoms with Crippen molar-refractivity contribution in [3.8, 4) is 0 Å². The van der Waals surface area contributed by atoms with Crippen molar-refractivity contribution in [2.45, 2.75) is 25.9 Å². The Labute approximate surface area is 77.2 Å². The summed E-state index contributed by atoms with van der Waals surface area (Å²) in [6.45, 7) is 4.22. The summed E-state index contributed by atoms with van der Waals surface area (Å²) < 4.78 is 12.8. The number of halogens is 1. The van der Waals surface area contributed by atoms with E-state index in [1.165, 1.54) is 6.08 Å². The molecule has 2 rings (SSSR count). The molecule has 0 spiro atoms. The maximum absolute atomic E-state index is 12.8. The predicted molar refractivity (Wildman–Crippen MR) is 51.3 cm³/mol. The molecule has 2 atom stereocenters. The van der Waals surface area contributed by atoms with E-state index in [9.17, 15) is 4.39 Å². The zero-order valence-corrected chi connectivity index (χ0v) is 7.79. The zero-order chi connectivity index (χ0) is 9.42. The summed E-state index contributed by atoms with van der Waals surface area (Å²) in [6, 6.07) is 0.124. The van der Waals surface area contributed by atoms with Crippen LogP contribution < -0.4 is 5.32 Å². The van der Waals surface area contributed by atoms with Gasteiger partial charge in [-0.25, -0.2) is 4.99 Å². The lowest BCUT2D eigenvalue weighted by Crippen LogP contribution is -2.31. The summed E-state index contributed by atoms with van der Waals surface area (Å²) in [5.74, 6) is 0.0848. The van der Waals surface area contributed by atoms with Gasteiger partial charge in [-0.2, -0.15) is 4.39 Å². The zero-order valence-electron chi connectivity index (χ0n) is 7.79. The number of fused-ring (bicyclic) bond motifs is 1. The van der Waals surface area contributed by atoms with E-state index >= 15 is 0 Å². The maximum Gasteiger partial charge on any atom is 0.208 e. The lowest BCUT2D eigenvalue weighted by Gasteiger charge is -2.16. The monoisotopic (exact) mass is 180 g/mol. The van der Waals surface area contributed by atoms with Crippen LogP contribution in [0, 0.1) is 5.92 Å². The van der Waals surface area contributed by atoms with Gasteiger partial charge in [-0.05, 0) is 18.1 Å². The fourth-order valence-electron chi connectivity index (χ4n) is 1.62. The molecule has 0 saturated carbocycles. The van der Waals surface area contributed by atoms with E-state index in [4.69, 9.17) is 0 Å². The van der Waals surface area contributed by atoms with Crippen molar-refractivity contribution in [3.05, 3.63) is 23.9 Å². The highest BCUT2D eigenvalue weighted by molar-refractivity contribution is 5.88. The molecule has 2 unspecified atom stereocenters. The Morgan fingerprint density at radius 2 is 2.31 bits per heavy atom. The lowest BCUT2D eigenvalue weighted by molar-refractivity contribution is 0.601. The van der Waals surface area contributed by atoms with Crippen molar-refractivity contribution in [2.24, 2.45) is 10.9 Å². The van der Waals surface area contributed by atoms with Crippen molar-refractivity contribution in [2.75, 3.05) is 0 Å². The van der Waals surface area contributed by atoms with Crippen LogP contribution in [0.4, 0.5) is 4.39 Å². The Kier molecular flexibility index (Phi) is 1.94. The van der Waals surface area contributed by atoms with Crippen LogP contribution in [0.2, 0.25) is 0 Å². The number of nitrogens with one attached hydrogen (secondary N) is 1. The van der Waals surface area contributed by atoms with E-state index in [1.54, 1.807) is 0 Å². The van der Waals surface area contributed by atoms with Crippen molar-refractivity contribution < 1.29 is 4.39 Å². The Balaban J connectivity index is 2.19. The number of dihydropyridines is 1. The van der Waals surface area contributed by atoms with Crippen molar-refractivity contribution >= 4 is 5.97 Å². The van der Waals surface area contributed by atoms with Crippen molar-refractivity contribution in [1.82, 2.24) is 5.32 Å². The molecule has 0 aromatic heterocycles. The molecule has 13 heavy (non-hydrogen) atoms. The van der Waals surface area contributed by atoms with E-state index in [1.807, 2.05) is 12.2 Å². The van der Waals surface area contributed by atoms with E-state index < -0.39 is 0 Å². The number of allylic oxidation sites excluding steroid dienone is 2. The summed E-state index contributed by atoms with van der Waals surface area (Å²) in [6.07, 6.45) is 5.27. The fourth-order valence-corrected chi connectivity index (χ4v) is 1.62. The Morgan fingerprint density at radius 3 is 3.00 bits per heavy atom. The summed E-state index contributed by atoms with van der Waals surface area (Å²) in [5, 5.41) is 3.31. The average Bonchev–Trinajstić information content (AvgIpc) is 2.46. The topological polar surface area (TPSA) is 24.4 Å². The summed E-state index contributed by atoms with van der Waals surface area (Å²) in [4.78, 5) is 3.90. The third-order valence-electron chi connectivity index (χ3n) is 2.39. The number of nitrogens with zero attached hydrogens (tertiary/aromatic N) is 1. The number of aliphatic imine (C=N–C) groups is 1. The fraction of sp³-hybridized carbons (Fsp3) is 0.500. The molecule has 0 amide bonds. The first-order valence-corrected chi connectivity index (χ1v) is 4.56. The Morgan fingerprint density at radius 1 is 1.54 bits per heavy atom. The van der Waals surface area contributed by atoms with Crippen molar-refractivity contribution in [3.63, 3.8) is 0 Å². The molecule has 2 heterocycles. The minimum Gasteiger partial charge on any atom is -0.380 e. The quantitative estimate of drug-likeness (QED) is 0.653. The maximum atomic E-state index is 12.8. The van der Waals surface area contributed by atoms with Crippen LogP contribution in [-0.2, 0) is 0 Å². The highest BCUT2D eigenvalue weighted by Crippen LogP contribution is 2.22. The molecule has 2 aliphatic heterocycles. The normalized spacial score (nSPS) is 31.1. The minimum absolute atomic E-state index is 0.0394. The summed E-state index contributed by atoms with van der Waals surface area (Å²) >= 11 is 0. The lowest BCUT2D eigenvalue weighted by atomic mass is 10.1. The molecule has 0 saturated heterocycles. The third kappa shape index (κ3) is 1.50. The second-order valence-corrected chi connectivity index (χ2v) is 3.75. The second kappa shape index (κ2) is 2.98. The van der Waals surface area contributed by atoms with Gasteiger partial charge in [-0.15, -0.1) is 0 Å². The van der Waals surface area contributed by atoms with Crippen LogP contribution in [0.3, 0.4) is 0 Å². The molecule has 0 aliphatic carbocycles. The molecule has 0 bridgehead atoms. The van der Waals surface area contributed by atoms with Crippen LogP contribution in [0.25, 0.3) is 0 Å². The number of hydrogen-bond donors (Lipinski definition) is 1. The van der Waals surface area contributed by atoms with Crippen LogP contribution in [0.5, 0.6) is 0 Å². The standard InChI is InChI=1S/C10H13FN2/c1-6(2)8-5-9-7(12-8)3-4-10(11)13-9/h3-7,9,12H,1-2H3. The second-order valence-electron chi connectivity index (χ2n) is 3.75. The van der Waals surface area contributed by atoms with Gasteiger partial charge in [0.15, 0.2) is 0 Å². The SMILES string of the molecule is CC(C)C1=CC2N=C(F)C=CC2N1. The number of rotatable bonds is 1. The first-order chi connectivity index (χ1) is 6.16. The molecular formula is C10H13FN2. The molecule has 2 aliphatic rings. The average molecular weight is 180 g/mol. The van der Waals surface area contributed by atoms with Crippen molar-refractivity contribution in [1.29, 1.82) is 0 Å². The van der Waals surface area contributed by atoms with E-state index in [-0.39, 0.29) is 18.0 Å². The molecule has 0 aromatic carbocycles. The van der Waals surface area contributed by atoms with Gasteiger partial charge in [0, 0.05) is 5.70 Å². The summed E-state index contributed by atoms with van der Waals surface area (Å²) in [5.41, 5.74) is 1.16. The number of hydrogen-bond acceptors (Lipinski definition) is 2. The molecular weight excluding hydrogens is 167 g/mol. The van der Waals surface area contributed by atoms with Gasteiger partial charge in [-0.1, -0.05) is 19.9 Å². The van der Waals surface area contributed by atoms with Gasteiger partial charge in [0.2, 0.25) is 5.97 Å². The third-order valence-corrected chi connectivity index (χ3v) is 2.39. The predicted octanol–water partition coefficient (Wildman–Crippen LogP) is 1.80. The van der Waals surface area contributed by atoms with Gasteiger partial charge in [0.1, 0.15) is 0 Å². The van der Waals surface area contributed by atoms with E-state index in [2.05, 4.69) is 24.2 Å². The van der Waals surface area contributed by atoms with Gasteiger partial charge >= 0.3 is 0 Å². The molecule has 1 N–H and O–H groups in total.